The summed E-state index contributed by atoms with van der Waals surface area (Å²) in [5.41, 5.74) is 5.80. The fourth-order valence-corrected chi connectivity index (χ4v) is 4.91. The summed E-state index contributed by atoms with van der Waals surface area (Å²) < 4.78 is 0. The van der Waals surface area contributed by atoms with E-state index >= 15 is 0 Å². The maximum Gasteiger partial charge on any atom is 0.330 e. The summed E-state index contributed by atoms with van der Waals surface area (Å²) in [4.78, 5) is 62.7. The molecule has 0 saturated heterocycles. The summed E-state index contributed by atoms with van der Waals surface area (Å²) in [5.74, 6) is -5.47. The maximum atomic E-state index is 13.5. The Morgan fingerprint density at radius 3 is 2.00 bits per heavy atom. The first-order chi connectivity index (χ1) is 18.1. The standard InChI is InChI=1S/C28H33N3O7/c29-21(16-18-8-3-1-4-9-18)25(35)30-22(17-19-10-5-2-6-11-19)26(36)31-28(27(37)38)15-7-12-20(28)23(32)13-14-24(33)34/h1-6,8-11,20-22H,7,12-17,29H2,(H,30,35)(H,31,36)(H,33,34)(H,37,38)/t20?,21-,22-,28?/m0/s1. The number of hydrogen-bond acceptors (Lipinski definition) is 6. The molecule has 0 bridgehead atoms. The fourth-order valence-electron chi connectivity index (χ4n) is 4.91. The number of aliphatic carboxylic acids is 2. The second-order valence-electron chi connectivity index (χ2n) is 9.62. The van der Waals surface area contributed by atoms with Gasteiger partial charge in [-0.05, 0) is 36.8 Å². The Bertz CT molecular complexity index is 1160. The number of benzene rings is 2. The van der Waals surface area contributed by atoms with Gasteiger partial charge in [0.2, 0.25) is 11.8 Å². The summed E-state index contributed by atoms with van der Waals surface area (Å²) in [6, 6.07) is 16.0. The number of carbonyl (C=O) groups is 5. The van der Waals surface area contributed by atoms with Crippen LogP contribution in [0.25, 0.3) is 0 Å². The molecule has 202 valence electrons. The van der Waals surface area contributed by atoms with Gasteiger partial charge in [0, 0.05) is 12.8 Å². The topological polar surface area (TPSA) is 176 Å². The van der Waals surface area contributed by atoms with E-state index in [-0.39, 0.29) is 32.1 Å². The molecular formula is C28H33N3O7. The third-order valence-corrected chi connectivity index (χ3v) is 6.91. The molecule has 0 spiro atoms. The summed E-state index contributed by atoms with van der Waals surface area (Å²) in [5, 5.41) is 24.3. The van der Waals surface area contributed by atoms with E-state index in [1.165, 1.54) is 0 Å². The SMILES string of the molecule is N[C@@H](Cc1ccccc1)C(=O)N[C@@H](Cc1ccccc1)C(=O)NC1(C(=O)O)CCCC1C(=O)CCC(=O)O. The number of nitrogens with two attached hydrogens (primary N) is 1. The van der Waals surface area contributed by atoms with E-state index in [4.69, 9.17) is 10.8 Å². The van der Waals surface area contributed by atoms with Crippen molar-refractivity contribution >= 4 is 29.5 Å². The van der Waals surface area contributed by atoms with Crippen LogP contribution < -0.4 is 16.4 Å². The first kappa shape index (κ1) is 28.5. The second kappa shape index (κ2) is 13.0. The lowest BCUT2D eigenvalue weighted by atomic mass is 9.82. The highest BCUT2D eigenvalue weighted by Gasteiger charge is 2.53. The third-order valence-electron chi connectivity index (χ3n) is 6.91. The molecule has 2 aromatic carbocycles. The number of carboxylic acids is 2. The molecular weight excluding hydrogens is 490 g/mol. The quantitative estimate of drug-likeness (QED) is 0.262. The molecule has 6 N–H and O–H groups in total. The van der Waals surface area contributed by atoms with Gasteiger partial charge in [0.05, 0.1) is 18.4 Å². The zero-order valence-electron chi connectivity index (χ0n) is 21.0. The van der Waals surface area contributed by atoms with Crippen molar-refractivity contribution in [3.05, 3.63) is 71.8 Å². The maximum absolute atomic E-state index is 13.5. The van der Waals surface area contributed by atoms with Crippen molar-refractivity contribution in [1.29, 1.82) is 0 Å². The number of rotatable bonds is 13. The summed E-state index contributed by atoms with van der Waals surface area (Å²) in [6.45, 7) is 0. The fraction of sp³-hybridized carbons (Fsp3) is 0.393. The molecule has 4 atom stereocenters. The Hall–Kier alpha value is -4.05. The van der Waals surface area contributed by atoms with Gasteiger partial charge in [0.25, 0.3) is 0 Å². The molecule has 1 fully saturated rings. The number of Topliss-reactive ketones (excluding diaryl/α,β-unsaturated/α-hetero) is 1. The van der Waals surface area contributed by atoms with Crippen LogP contribution in [0.15, 0.2) is 60.7 Å². The van der Waals surface area contributed by atoms with Crippen LogP contribution in [0.4, 0.5) is 0 Å². The highest BCUT2D eigenvalue weighted by molar-refractivity contribution is 5.98. The van der Waals surface area contributed by atoms with E-state index in [9.17, 15) is 29.1 Å². The molecule has 10 heteroatoms. The monoisotopic (exact) mass is 523 g/mol. The van der Waals surface area contributed by atoms with Crippen LogP contribution in [0.1, 0.15) is 43.2 Å². The smallest absolute Gasteiger partial charge is 0.330 e. The van der Waals surface area contributed by atoms with Crippen LogP contribution in [0.2, 0.25) is 0 Å². The van der Waals surface area contributed by atoms with E-state index in [0.717, 1.165) is 11.1 Å². The van der Waals surface area contributed by atoms with Crippen molar-refractivity contribution in [3.63, 3.8) is 0 Å². The normalized spacial score (nSPS) is 20.2. The van der Waals surface area contributed by atoms with Gasteiger partial charge < -0.3 is 26.6 Å². The van der Waals surface area contributed by atoms with Crippen molar-refractivity contribution in [2.24, 2.45) is 11.7 Å². The minimum atomic E-state index is -1.89. The molecule has 0 heterocycles. The molecule has 2 aromatic rings. The molecule has 1 aliphatic rings. The van der Waals surface area contributed by atoms with E-state index < -0.39 is 59.5 Å². The molecule has 2 amide bonds. The largest absolute Gasteiger partial charge is 0.481 e. The first-order valence-electron chi connectivity index (χ1n) is 12.6. The van der Waals surface area contributed by atoms with Crippen molar-refractivity contribution < 1.29 is 34.2 Å². The van der Waals surface area contributed by atoms with Gasteiger partial charge in [0.1, 0.15) is 17.4 Å². The highest BCUT2D eigenvalue weighted by Crippen LogP contribution is 2.38. The van der Waals surface area contributed by atoms with E-state index in [0.29, 0.717) is 6.42 Å². The number of nitrogens with one attached hydrogen (secondary N) is 2. The molecule has 2 unspecified atom stereocenters. The van der Waals surface area contributed by atoms with Gasteiger partial charge in [-0.15, -0.1) is 0 Å². The lowest BCUT2D eigenvalue weighted by molar-refractivity contribution is -0.152. The minimum Gasteiger partial charge on any atom is -0.481 e. The van der Waals surface area contributed by atoms with Crippen molar-refractivity contribution in [1.82, 2.24) is 10.6 Å². The third kappa shape index (κ3) is 7.25. The molecule has 38 heavy (non-hydrogen) atoms. The molecule has 0 radical (unpaired) electrons. The number of hydrogen-bond donors (Lipinski definition) is 5. The summed E-state index contributed by atoms with van der Waals surface area (Å²) >= 11 is 0. The molecule has 0 aliphatic heterocycles. The molecule has 3 rings (SSSR count). The number of ketones is 1. The van der Waals surface area contributed by atoms with Crippen LogP contribution >= 0.6 is 0 Å². The van der Waals surface area contributed by atoms with Crippen LogP contribution in [0.3, 0.4) is 0 Å². The van der Waals surface area contributed by atoms with Crippen molar-refractivity contribution in [2.75, 3.05) is 0 Å². The molecule has 10 nitrogen and oxygen atoms in total. The van der Waals surface area contributed by atoms with Crippen LogP contribution in [-0.2, 0) is 36.8 Å². The Balaban J connectivity index is 1.81. The zero-order valence-corrected chi connectivity index (χ0v) is 21.0. The van der Waals surface area contributed by atoms with Crippen molar-refractivity contribution in [3.8, 4) is 0 Å². The Morgan fingerprint density at radius 1 is 0.868 bits per heavy atom. The van der Waals surface area contributed by atoms with Gasteiger partial charge in [-0.2, -0.15) is 0 Å². The van der Waals surface area contributed by atoms with Gasteiger partial charge in [-0.3, -0.25) is 19.2 Å². The average molecular weight is 524 g/mol. The average Bonchev–Trinajstić information content (AvgIpc) is 3.33. The number of carboxylic acid groups (broad SMARTS) is 2. The van der Waals surface area contributed by atoms with Gasteiger partial charge in [-0.1, -0.05) is 60.7 Å². The number of amides is 2. The predicted octanol–water partition coefficient (Wildman–Crippen LogP) is 1.46. The van der Waals surface area contributed by atoms with Crippen LogP contribution in [0, 0.1) is 5.92 Å². The van der Waals surface area contributed by atoms with Crippen LogP contribution in [0.5, 0.6) is 0 Å². The Morgan fingerprint density at radius 2 is 1.45 bits per heavy atom. The van der Waals surface area contributed by atoms with Gasteiger partial charge in [0.15, 0.2) is 0 Å². The second-order valence-corrected chi connectivity index (χ2v) is 9.62. The summed E-state index contributed by atoms with van der Waals surface area (Å²) in [7, 11) is 0. The highest BCUT2D eigenvalue weighted by atomic mass is 16.4. The van der Waals surface area contributed by atoms with Gasteiger partial charge in [-0.25, -0.2) is 4.79 Å². The lowest BCUT2D eigenvalue weighted by Crippen LogP contribution is -2.63. The molecule has 1 aliphatic carbocycles. The van der Waals surface area contributed by atoms with E-state index in [1.54, 1.807) is 30.3 Å². The Labute approximate surface area is 220 Å². The first-order valence-corrected chi connectivity index (χ1v) is 12.6. The van der Waals surface area contributed by atoms with E-state index in [1.807, 2.05) is 30.3 Å². The van der Waals surface area contributed by atoms with E-state index in [2.05, 4.69) is 10.6 Å². The summed E-state index contributed by atoms with van der Waals surface area (Å²) in [6.07, 6.45) is 0.150. The van der Waals surface area contributed by atoms with Gasteiger partial charge >= 0.3 is 11.9 Å². The lowest BCUT2D eigenvalue weighted by Gasteiger charge is -2.33. The Kier molecular flexibility index (Phi) is 9.72. The molecule has 1 saturated carbocycles. The predicted molar refractivity (Wildman–Crippen MR) is 138 cm³/mol. The van der Waals surface area contributed by atoms with Crippen molar-refractivity contribution in [2.45, 2.75) is 62.6 Å². The van der Waals surface area contributed by atoms with Crippen LogP contribution in [-0.4, -0.2) is 57.4 Å². The molecule has 0 aromatic heterocycles. The zero-order chi connectivity index (χ0) is 27.7. The number of carbonyl (C=O) groups excluding carboxylic acids is 3. The minimum absolute atomic E-state index is 0.0110.